The largest absolute Gasteiger partial charge is 0.309 e. The van der Waals surface area contributed by atoms with E-state index in [4.69, 9.17) is 11.6 Å². The van der Waals surface area contributed by atoms with Gasteiger partial charge in [-0.25, -0.2) is 9.37 Å². The van der Waals surface area contributed by atoms with Crippen molar-refractivity contribution in [1.29, 1.82) is 0 Å². The highest BCUT2D eigenvalue weighted by atomic mass is 35.5. The fourth-order valence-electron chi connectivity index (χ4n) is 2.32. The minimum Gasteiger partial charge on any atom is -0.309 e. The maximum Gasteiger partial charge on any atom is 0.243 e. The van der Waals surface area contributed by atoms with Crippen molar-refractivity contribution in [2.24, 2.45) is 0 Å². The number of hydrogen-bond donors (Lipinski definition) is 1. The van der Waals surface area contributed by atoms with Crippen LogP contribution in [0.1, 0.15) is 12.5 Å². The Morgan fingerprint density at radius 2 is 2.13 bits per heavy atom. The number of benzene rings is 1. The lowest BCUT2D eigenvalue weighted by molar-refractivity contribution is -0.115. The number of anilines is 1. The van der Waals surface area contributed by atoms with Crippen LogP contribution in [0.4, 0.5) is 10.2 Å². The standard InChI is InChI=1S/C17H15ClFN3O/c1-10-6-7-22-14(8-10)20-15(12-4-3-5-13(19)9-12)16(22)21-17(23)11(2)18/h3-9,11H,1-2H3,(H,21,23). The first kappa shape index (κ1) is 15.5. The second-order valence-corrected chi connectivity index (χ2v) is 6.01. The summed E-state index contributed by atoms with van der Waals surface area (Å²) in [5.74, 6) is -0.228. The van der Waals surface area contributed by atoms with Crippen LogP contribution in [-0.2, 0) is 4.79 Å². The molecular weight excluding hydrogens is 317 g/mol. The SMILES string of the molecule is Cc1ccn2c(NC(=O)C(C)Cl)c(-c3cccc(F)c3)nc2c1. The Bertz CT molecular complexity index is 889. The van der Waals surface area contributed by atoms with Crippen molar-refractivity contribution in [3.8, 4) is 11.3 Å². The molecule has 1 unspecified atom stereocenters. The highest BCUT2D eigenvalue weighted by Gasteiger charge is 2.19. The van der Waals surface area contributed by atoms with Crippen LogP contribution < -0.4 is 5.32 Å². The van der Waals surface area contributed by atoms with Crippen LogP contribution in [0.15, 0.2) is 42.6 Å². The molecule has 0 aliphatic carbocycles. The van der Waals surface area contributed by atoms with Gasteiger partial charge in [-0.05, 0) is 43.7 Å². The van der Waals surface area contributed by atoms with Crippen LogP contribution in [-0.4, -0.2) is 20.7 Å². The van der Waals surface area contributed by atoms with Gasteiger partial charge < -0.3 is 5.32 Å². The molecule has 0 spiro atoms. The number of fused-ring (bicyclic) bond motifs is 1. The van der Waals surface area contributed by atoms with E-state index in [1.807, 2.05) is 25.3 Å². The molecule has 0 saturated heterocycles. The van der Waals surface area contributed by atoms with Crippen molar-refractivity contribution < 1.29 is 9.18 Å². The van der Waals surface area contributed by atoms with Gasteiger partial charge >= 0.3 is 0 Å². The molecule has 0 bridgehead atoms. The van der Waals surface area contributed by atoms with E-state index in [0.717, 1.165) is 5.56 Å². The number of imidazole rings is 1. The smallest absolute Gasteiger partial charge is 0.243 e. The van der Waals surface area contributed by atoms with E-state index < -0.39 is 5.38 Å². The van der Waals surface area contributed by atoms with E-state index in [9.17, 15) is 9.18 Å². The number of halogens is 2. The number of carbonyl (C=O) groups excluding carboxylic acids is 1. The Hall–Kier alpha value is -2.40. The van der Waals surface area contributed by atoms with Gasteiger partial charge in [-0.1, -0.05) is 12.1 Å². The van der Waals surface area contributed by atoms with Crippen LogP contribution in [0.2, 0.25) is 0 Å². The average molecular weight is 332 g/mol. The minimum atomic E-state index is -0.689. The second kappa shape index (κ2) is 6.01. The van der Waals surface area contributed by atoms with Gasteiger partial charge in [0.25, 0.3) is 0 Å². The number of aryl methyl sites for hydroxylation is 1. The molecule has 0 aliphatic rings. The number of nitrogens with one attached hydrogen (secondary N) is 1. The fourth-order valence-corrected chi connectivity index (χ4v) is 2.37. The summed E-state index contributed by atoms with van der Waals surface area (Å²) in [6, 6.07) is 9.90. The van der Waals surface area contributed by atoms with Gasteiger partial charge in [-0.15, -0.1) is 11.6 Å². The Balaban J connectivity index is 2.21. The van der Waals surface area contributed by atoms with E-state index >= 15 is 0 Å². The summed E-state index contributed by atoms with van der Waals surface area (Å²) >= 11 is 5.84. The van der Waals surface area contributed by atoms with Crippen molar-refractivity contribution >= 4 is 29.0 Å². The van der Waals surface area contributed by atoms with Gasteiger partial charge in [0.05, 0.1) is 0 Å². The summed E-state index contributed by atoms with van der Waals surface area (Å²) in [7, 11) is 0. The Morgan fingerprint density at radius 1 is 1.35 bits per heavy atom. The van der Waals surface area contributed by atoms with E-state index in [1.165, 1.54) is 12.1 Å². The van der Waals surface area contributed by atoms with Crippen molar-refractivity contribution in [3.05, 3.63) is 54.0 Å². The number of aromatic nitrogens is 2. The van der Waals surface area contributed by atoms with E-state index in [2.05, 4.69) is 10.3 Å². The third-order valence-electron chi connectivity index (χ3n) is 3.48. The first-order chi connectivity index (χ1) is 11.0. The van der Waals surface area contributed by atoms with E-state index in [0.29, 0.717) is 22.7 Å². The van der Waals surface area contributed by atoms with Gasteiger partial charge in [-0.3, -0.25) is 9.20 Å². The molecule has 4 nitrogen and oxygen atoms in total. The summed E-state index contributed by atoms with van der Waals surface area (Å²) in [6.45, 7) is 3.54. The monoisotopic (exact) mass is 331 g/mol. The van der Waals surface area contributed by atoms with Crippen molar-refractivity contribution in [2.75, 3.05) is 5.32 Å². The molecule has 1 aromatic carbocycles. The van der Waals surface area contributed by atoms with Crippen LogP contribution in [0.5, 0.6) is 0 Å². The highest BCUT2D eigenvalue weighted by molar-refractivity contribution is 6.32. The highest BCUT2D eigenvalue weighted by Crippen LogP contribution is 2.29. The summed E-state index contributed by atoms with van der Waals surface area (Å²) in [6.07, 6.45) is 1.81. The Morgan fingerprint density at radius 3 is 2.83 bits per heavy atom. The molecule has 0 radical (unpaired) electrons. The predicted octanol–water partition coefficient (Wildman–Crippen LogP) is 4.01. The van der Waals surface area contributed by atoms with Crippen molar-refractivity contribution in [1.82, 2.24) is 9.38 Å². The van der Waals surface area contributed by atoms with Crippen LogP contribution in [0.25, 0.3) is 16.9 Å². The molecule has 1 amide bonds. The molecule has 2 aromatic heterocycles. The lowest BCUT2D eigenvalue weighted by atomic mass is 10.1. The number of alkyl halides is 1. The van der Waals surface area contributed by atoms with Gasteiger partial charge in [0.15, 0.2) is 0 Å². The lowest BCUT2D eigenvalue weighted by Gasteiger charge is -2.09. The Kier molecular flexibility index (Phi) is 4.05. The van der Waals surface area contributed by atoms with Crippen molar-refractivity contribution in [2.45, 2.75) is 19.2 Å². The number of hydrogen-bond acceptors (Lipinski definition) is 2. The van der Waals surface area contributed by atoms with E-state index in [1.54, 1.807) is 23.5 Å². The molecular formula is C17H15ClFN3O. The zero-order valence-electron chi connectivity index (χ0n) is 12.7. The summed E-state index contributed by atoms with van der Waals surface area (Å²) in [5.41, 5.74) is 2.79. The van der Waals surface area contributed by atoms with Gasteiger partial charge in [-0.2, -0.15) is 0 Å². The topological polar surface area (TPSA) is 46.4 Å². The molecule has 3 aromatic rings. The summed E-state index contributed by atoms with van der Waals surface area (Å²) < 4.78 is 15.3. The molecule has 1 atom stereocenters. The Labute approximate surface area is 137 Å². The molecule has 0 saturated carbocycles. The molecule has 1 N–H and O–H groups in total. The summed E-state index contributed by atoms with van der Waals surface area (Å²) in [4.78, 5) is 16.5. The third-order valence-corrected chi connectivity index (χ3v) is 3.68. The van der Waals surface area contributed by atoms with E-state index in [-0.39, 0.29) is 11.7 Å². The zero-order chi connectivity index (χ0) is 16.6. The van der Waals surface area contributed by atoms with Gasteiger partial charge in [0.1, 0.15) is 28.4 Å². The maximum absolute atomic E-state index is 13.6. The predicted molar refractivity (Wildman–Crippen MR) is 89.3 cm³/mol. The zero-order valence-corrected chi connectivity index (χ0v) is 13.4. The number of amides is 1. The summed E-state index contributed by atoms with van der Waals surface area (Å²) in [5, 5.41) is 2.09. The first-order valence-corrected chi connectivity index (χ1v) is 7.59. The molecule has 0 aliphatic heterocycles. The minimum absolute atomic E-state index is 0.341. The van der Waals surface area contributed by atoms with Crippen LogP contribution in [0.3, 0.4) is 0 Å². The lowest BCUT2D eigenvalue weighted by Crippen LogP contribution is -2.21. The van der Waals surface area contributed by atoms with Crippen LogP contribution in [0, 0.1) is 12.7 Å². The molecule has 3 rings (SSSR count). The third kappa shape index (κ3) is 3.05. The molecule has 2 heterocycles. The first-order valence-electron chi connectivity index (χ1n) is 7.15. The average Bonchev–Trinajstić information content (AvgIpc) is 2.85. The number of pyridine rings is 1. The van der Waals surface area contributed by atoms with Gasteiger partial charge in [0.2, 0.25) is 5.91 Å². The number of rotatable bonds is 3. The normalized spacial score (nSPS) is 12.3. The molecule has 6 heteroatoms. The quantitative estimate of drug-likeness (QED) is 0.737. The maximum atomic E-state index is 13.6. The molecule has 23 heavy (non-hydrogen) atoms. The van der Waals surface area contributed by atoms with Gasteiger partial charge in [0, 0.05) is 11.8 Å². The second-order valence-electron chi connectivity index (χ2n) is 5.36. The van der Waals surface area contributed by atoms with Crippen molar-refractivity contribution in [3.63, 3.8) is 0 Å². The van der Waals surface area contributed by atoms with Crippen LogP contribution >= 0.6 is 11.6 Å². The molecule has 0 fully saturated rings. The molecule has 118 valence electrons. The number of carbonyl (C=O) groups is 1. The fraction of sp³-hybridized carbons (Fsp3) is 0.176. The number of nitrogens with zero attached hydrogens (tertiary/aromatic N) is 2.